The highest BCUT2D eigenvalue weighted by molar-refractivity contribution is 5.86. The van der Waals surface area contributed by atoms with Crippen LogP contribution in [-0.4, -0.2) is 70.7 Å². The number of nitrogens with two attached hydrogens (primary N) is 1. The summed E-state index contributed by atoms with van der Waals surface area (Å²) in [7, 11) is 0. The molecule has 0 radical (unpaired) electrons. The molecule has 2 atom stereocenters. The molecule has 0 aromatic heterocycles. The van der Waals surface area contributed by atoms with Crippen molar-refractivity contribution in [2.24, 2.45) is 16.6 Å². The Bertz CT molecular complexity index is 721. The predicted octanol–water partition coefficient (Wildman–Crippen LogP) is 2.08. The fourth-order valence-electron chi connectivity index (χ4n) is 4.46. The Morgan fingerprint density at radius 1 is 0.853 bits per heavy atom. The van der Waals surface area contributed by atoms with E-state index in [9.17, 15) is 29.4 Å². The number of carboxylic acid groups (broad SMARTS) is 2. The van der Waals surface area contributed by atoms with Gasteiger partial charge >= 0.3 is 18.3 Å². The van der Waals surface area contributed by atoms with Gasteiger partial charge in [-0.05, 0) is 44.6 Å². The fourth-order valence-corrected chi connectivity index (χ4v) is 4.46. The van der Waals surface area contributed by atoms with Crippen molar-refractivity contribution in [1.29, 1.82) is 0 Å². The van der Waals surface area contributed by atoms with Crippen LogP contribution in [0.25, 0.3) is 0 Å². The summed E-state index contributed by atoms with van der Waals surface area (Å²) >= 11 is 0. The van der Waals surface area contributed by atoms with Crippen LogP contribution in [0, 0.1) is 10.8 Å². The molecule has 0 aliphatic carbocycles. The molecule has 0 spiro atoms. The lowest BCUT2D eigenvalue weighted by molar-refractivity contribution is -0.126. The summed E-state index contributed by atoms with van der Waals surface area (Å²) in [5.74, 6) is -0.654. The quantitative estimate of drug-likeness (QED) is 0.256. The molecule has 0 saturated carbocycles. The van der Waals surface area contributed by atoms with Gasteiger partial charge in [-0.2, -0.15) is 0 Å². The summed E-state index contributed by atoms with van der Waals surface area (Å²) in [6, 6.07) is -2.12. The first-order valence-corrected chi connectivity index (χ1v) is 11.2. The molecule has 198 valence electrons. The molecule has 12 nitrogen and oxygen atoms in total. The molecule has 0 aromatic carbocycles. The minimum atomic E-state index is -1.34. The van der Waals surface area contributed by atoms with Gasteiger partial charge in [-0.15, -0.1) is 0 Å². The molecular weight excluding hydrogens is 446 g/mol. The second-order valence-corrected chi connectivity index (χ2v) is 11.3. The number of ether oxygens (including phenoxy) is 1. The topological polar surface area (TPSA) is 192 Å². The maximum atomic E-state index is 13.3. The van der Waals surface area contributed by atoms with Crippen LogP contribution in [0.1, 0.15) is 68.7 Å². The fraction of sp³-hybridized carbons (Fsp3) is 0.818. The van der Waals surface area contributed by atoms with Crippen LogP contribution >= 0.6 is 0 Å². The van der Waals surface area contributed by atoms with E-state index in [0.29, 0.717) is 0 Å². The summed E-state index contributed by atoms with van der Waals surface area (Å²) in [4.78, 5) is 48.8. The predicted molar refractivity (Wildman–Crippen MR) is 128 cm³/mol. The van der Waals surface area contributed by atoms with E-state index in [1.807, 2.05) is 0 Å². The minimum absolute atomic E-state index is 0.0724. The van der Waals surface area contributed by atoms with E-state index in [4.69, 9.17) is 10.5 Å². The summed E-state index contributed by atoms with van der Waals surface area (Å²) in [6.07, 6.45) is -3.40. The molecule has 34 heavy (non-hydrogen) atoms. The van der Waals surface area contributed by atoms with Gasteiger partial charge in [0.15, 0.2) is 0 Å². The van der Waals surface area contributed by atoms with Gasteiger partial charge in [-0.3, -0.25) is 4.79 Å². The molecule has 0 aliphatic heterocycles. The van der Waals surface area contributed by atoms with E-state index in [1.165, 1.54) is 0 Å². The zero-order valence-corrected chi connectivity index (χ0v) is 21.8. The Balaban J connectivity index is 6.37. The summed E-state index contributed by atoms with van der Waals surface area (Å²) in [5, 5.41) is 29.0. The number of carbonyl (C=O) groups excluding carboxylic acids is 2. The van der Waals surface area contributed by atoms with Crippen LogP contribution in [0.15, 0.2) is 0 Å². The normalized spacial score (nSPS) is 14.4. The Kier molecular flexibility index (Phi) is 10.6. The molecule has 0 bridgehead atoms. The van der Waals surface area contributed by atoms with E-state index < -0.39 is 58.2 Å². The summed E-state index contributed by atoms with van der Waals surface area (Å²) in [6.45, 7) is 15.6. The number of carbonyl (C=O) groups is 4. The highest BCUT2D eigenvalue weighted by Crippen LogP contribution is 2.46. The zero-order chi connectivity index (χ0) is 27.1. The van der Waals surface area contributed by atoms with Crippen molar-refractivity contribution in [3.63, 3.8) is 0 Å². The Morgan fingerprint density at radius 3 is 1.71 bits per heavy atom. The third kappa shape index (κ3) is 8.88. The molecule has 12 heteroatoms. The monoisotopic (exact) mass is 489 g/mol. The van der Waals surface area contributed by atoms with E-state index in [0.717, 1.165) is 0 Å². The van der Waals surface area contributed by atoms with Crippen molar-refractivity contribution < 1.29 is 34.1 Å². The van der Waals surface area contributed by atoms with Gasteiger partial charge in [0, 0.05) is 6.54 Å². The average Bonchev–Trinajstić information content (AvgIpc) is 2.58. The smallest absolute Gasteiger partial charge is 0.408 e. The number of alkyl carbamates (subject to hydrolysis) is 1. The first-order chi connectivity index (χ1) is 15.2. The summed E-state index contributed by atoms with van der Waals surface area (Å²) in [5.41, 5.74) is 1.93. The molecule has 8 N–H and O–H groups in total. The first-order valence-electron chi connectivity index (χ1n) is 11.2. The third-order valence-electron chi connectivity index (χ3n) is 5.43. The molecule has 4 amide bonds. The lowest BCUT2D eigenvalue weighted by Gasteiger charge is -2.57. The minimum Gasteiger partial charge on any atom is -0.465 e. The van der Waals surface area contributed by atoms with Crippen molar-refractivity contribution in [3.8, 4) is 0 Å². The maximum Gasteiger partial charge on any atom is 0.408 e. The maximum absolute atomic E-state index is 13.3. The third-order valence-corrected chi connectivity index (χ3v) is 5.43. The SMILES string of the molecule is CC(C)(C)OC(=O)N[C@@H](CCN)C(=O)NC(CNC(=O)O)C(NC(=O)O)(C(C)(C)C)C(C)(C)C. The van der Waals surface area contributed by atoms with Crippen molar-refractivity contribution in [3.05, 3.63) is 0 Å². The largest absolute Gasteiger partial charge is 0.465 e. The lowest BCUT2D eigenvalue weighted by atomic mass is 9.56. The van der Waals surface area contributed by atoms with Crippen LogP contribution in [-0.2, 0) is 9.53 Å². The molecule has 1 unspecified atom stereocenters. The molecule has 0 rings (SSSR count). The van der Waals surface area contributed by atoms with Crippen molar-refractivity contribution in [1.82, 2.24) is 21.3 Å². The van der Waals surface area contributed by atoms with Crippen LogP contribution < -0.4 is 27.0 Å². The highest BCUT2D eigenvalue weighted by Gasteiger charge is 2.57. The number of nitrogens with one attached hydrogen (secondary N) is 4. The van der Waals surface area contributed by atoms with Gasteiger partial charge in [0.05, 0.1) is 11.6 Å². The first kappa shape index (κ1) is 31.2. The lowest BCUT2D eigenvalue weighted by Crippen LogP contribution is -2.76. The van der Waals surface area contributed by atoms with Crippen LogP contribution in [0.2, 0.25) is 0 Å². The molecule has 0 saturated heterocycles. The van der Waals surface area contributed by atoms with E-state index in [1.54, 1.807) is 62.3 Å². The van der Waals surface area contributed by atoms with Crippen LogP contribution in [0.3, 0.4) is 0 Å². The highest BCUT2D eigenvalue weighted by atomic mass is 16.6. The second kappa shape index (κ2) is 11.6. The van der Waals surface area contributed by atoms with Gasteiger partial charge < -0.3 is 42.0 Å². The average molecular weight is 490 g/mol. The van der Waals surface area contributed by atoms with Gasteiger partial charge in [0.2, 0.25) is 5.91 Å². The van der Waals surface area contributed by atoms with Crippen molar-refractivity contribution in [2.45, 2.75) is 92.0 Å². The molecule has 0 aromatic rings. The van der Waals surface area contributed by atoms with Gasteiger partial charge in [0.25, 0.3) is 0 Å². The number of rotatable bonds is 9. The second-order valence-electron chi connectivity index (χ2n) is 11.3. The Morgan fingerprint density at radius 2 is 1.35 bits per heavy atom. The number of amides is 4. The standard InChI is InChI=1S/C22H43N5O7/c1-19(2,3)22(20(4,5)6,27-17(31)32)14(12-24-16(29)30)26-15(28)13(10-11-23)25-18(33)34-21(7,8)9/h13-14,24,27H,10-12,23H2,1-9H3,(H,25,33)(H,26,28)(H,29,30)(H,31,32)/t13-,14?/m0/s1. The van der Waals surface area contributed by atoms with Gasteiger partial charge in [-0.1, -0.05) is 41.5 Å². The Hall–Kier alpha value is -2.76. The van der Waals surface area contributed by atoms with Crippen LogP contribution in [0.4, 0.5) is 14.4 Å². The zero-order valence-electron chi connectivity index (χ0n) is 21.8. The van der Waals surface area contributed by atoms with Gasteiger partial charge in [-0.25, -0.2) is 14.4 Å². The van der Waals surface area contributed by atoms with Crippen molar-refractivity contribution >= 4 is 24.2 Å². The van der Waals surface area contributed by atoms with E-state index in [2.05, 4.69) is 21.3 Å². The van der Waals surface area contributed by atoms with Gasteiger partial charge in [0.1, 0.15) is 11.6 Å². The Labute approximate surface area is 201 Å². The van der Waals surface area contributed by atoms with Crippen molar-refractivity contribution in [2.75, 3.05) is 13.1 Å². The number of hydrogen-bond donors (Lipinski definition) is 7. The van der Waals surface area contributed by atoms with E-state index >= 15 is 0 Å². The van der Waals surface area contributed by atoms with E-state index in [-0.39, 0.29) is 19.5 Å². The molecule has 0 aliphatic rings. The molecule has 0 heterocycles. The molecule has 0 fully saturated rings. The van der Waals surface area contributed by atoms with Crippen LogP contribution in [0.5, 0.6) is 0 Å². The number of hydrogen-bond acceptors (Lipinski definition) is 6. The summed E-state index contributed by atoms with van der Waals surface area (Å²) < 4.78 is 5.23. The molecular formula is C22H43N5O7.